The van der Waals surface area contributed by atoms with E-state index in [1.54, 1.807) is 4.31 Å². The molecular weight excluding hydrogens is 314 g/mol. The van der Waals surface area contributed by atoms with Gasteiger partial charge in [0.1, 0.15) is 0 Å². The number of rotatable bonds is 4. The molecule has 0 radical (unpaired) electrons. The van der Waals surface area contributed by atoms with Crippen LogP contribution in [0.1, 0.15) is 45.4 Å². The zero-order valence-electron chi connectivity index (χ0n) is 11.1. The zero-order chi connectivity index (χ0) is 13.2. The van der Waals surface area contributed by atoms with Crippen molar-refractivity contribution in [2.24, 2.45) is 11.8 Å². The van der Waals surface area contributed by atoms with Gasteiger partial charge in [0.2, 0.25) is 10.0 Å². The van der Waals surface area contributed by atoms with Gasteiger partial charge in [-0.25, -0.2) is 8.42 Å². The summed E-state index contributed by atoms with van der Waals surface area (Å²) in [5.74, 6) is 1.25. The highest BCUT2D eigenvalue weighted by molar-refractivity contribution is 9.09. The lowest BCUT2D eigenvalue weighted by molar-refractivity contribution is 0.353. The summed E-state index contributed by atoms with van der Waals surface area (Å²) < 4.78 is 26.8. The van der Waals surface area contributed by atoms with Crippen LogP contribution in [0.4, 0.5) is 0 Å². The van der Waals surface area contributed by atoms with E-state index in [1.165, 1.54) is 19.3 Å². The Labute approximate surface area is 119 Å². The highest BCUT2D eigenvalue weighted by Crippen LogP contribution is 2.31. The number of halogens is 1. The van der Waals surface area contributed by atoms with E-state index in [1.807, 2.05) is 0 Å². The van der Waals surface area contributed by atoms with Gasteiger partial charge in [-0.3, -0.25) is 0 Å². The number of hydrogen-bond donors (Lipinski definition) is 0. The second-order valence-corrected chi connectivity index (χ2v) is 8.49. The van der Waals surface area contributed by atoms with Gasteiger partial charge < -0.3 is 0 Å². The van der Waals surface area contributed by atoms with Gasteiger partial charge in [0, 0.05) is 17.9 Å². The molecule has 0 aromatic rings. The van der Waals surface area contributed by atoms with Gasteiger partial charge in [-0.05, 0) is 31.1 Å². The smallest absolute Gasteiger partial charge is 0.212 e. The van der Waals surface area contributed by atoms with Gasteiger partial charge >= 0.3 is 0 Å². The molecular formula is C13H24BrNO2S. The maximum Gasteiger partial charge on any atom is 0.214 e. The Hall–Kier alpha value is 0.390. The fraction of sp³-hybridized carbons (Fsp3) is 1.00. The molecule has 0 spiro atoms. The van der Waals surface area contributed by atoms with Crippen molar-refractivity contribution in [2.45, 2.75) is 51.5 Å². The first-order valence-corrected chi connectivity index (χ1v) is 9.83. The molecule has 2 aliphatic rings. The largest absolute Gasteiger partial charge is 0.214 e. The molecule has 0 amide bonds. The molecule has 1 saturated carbocycles. The predicted octanol–water partition coefficient (Wildman–Crippen LogP) is 3.00. The predicted molar refractivity (Wildman–Crippen MR) is 78.4 cm³/mol. The van der Waals surface area contributed by atoms with Gasteiger partial charge in [0.25, 0.3) is 0 Å². The summed E-state index contributed by atoms with van der Waals surface area (Å²) in [4.78, 5) is 0. The molecule has 2 rings (SSSR count). The maximum absolute atomic E-state index is 12.5. The van der Waals surface area contributed by atoms with Crippen LogP contribution in [0.15, 0.2) is 0 Å². The summed E-state index contributed by atoms with van der Waals surface area (Å²) in [6, 6.07) is 0.165. The Morgan fingerprint density at radius 1 is 1.17 bits per heavy atom. The van der Waals surface area contributed by atoms with Crippen molar-refractivity contribution >= 4 is 26.0 Å². The summed E-state index contributed by atoms with van der Waals surface area (Å²) in [6.45, 7) is 2.87. The summed E-state index contributed by atoms with van der Waals surface area (Å²) in [5.41, 5.74) is 0. The van der Waals surface area contributed by atoms with Crippen LogP contribution < -0.4 is 0 Å². The minimum absolute atomic E-state index is 0.165. The quantitative estimate of drug-likeness (QED) is 0.739. The van der Waals surface area contributed by atoms with Crippen LogP contribution >= 0.6 is 15.9 Å². The molecule has 2 unspecified atom stereocenters. The van der Waals surface area contributed by atoms with Crippen LogP contribution in [0.3, 0.4) is 0 Å². The average Bonchev–Trinajstić information content (AvgIpc) is 2.72. The molecule has 1 aliphatic carbocycles. The third-order valence-corrected chi connectivity index (χ3v) is 7.24. The first-order chi connectivity index (χ1) is 8.54. The lowest BCUT2D eigenvalue weighted by Gasteiger charge is -2.28. The van der Waals surface area contributed by atoms with Crippen molar-refractivity contribution < 1.29 is 8.42 Å². The summed E-state index contributed by atoms with van der Waals surface area (Å²) >= 11 is 3.47. The molecule has 0 bridgehead atoms. The first-order valence-electron chi connectivity index (χ1n) is 7.10. The Morgan fingerprint density at radius 3 is 2.44 bits per heavy atom. The Kier molecular flexibility index (Phi) is 5.12. The van der Waals surface area contributed by atoms with Crippen LogP contribution in [0, 0.1) is 11.8 Å². The van der Waals surface area contributed by atoms with Crippen molar-refractivity contribution in [3.8, 4) is 0 Å². The topological polar surface area (TPSA) is 37.4 Å². The minimum Gasteiger partial charge on any atom is -0.212 e. The van der Waals surface area contributed by atoms with Crippen LogP contribution in [-0.2, 0) is 10.0 Å². The zero-order valence-corrected chi connectivity index (χ0v) is 13.5. The number of alkyl halides is 1. The van der Waals surface area contributed by atoms with Crippen LogP contribution in [-0.4, -0.2) is 36.4 Å². The fourth-order valence-corrected chi connectivity index (χ4v) is 6.67. The van der Waals surface area contributed by atoms with Gasteiger partial charge in [0.15, 0.2) is 0 Å². The van der Waals surface area contributed by atoms with E-state index in [4.69, 9.17) is 0 Å². The molecule has 0 N–H and O–H groups in total. The lowest BCUT2D eigenvalue weighted by Crippen LogP contribution is -2.41. The molecule has 1 heterocycles. The Bertz CT molecular complexity index is 365. The van der Waals surface area contributed by atoms with Crippen LogP contribution in [0.2, 0.25) is 0 Å². The molecule has 106 valence electrons. The van der Waals surface area contributed by atoms with Gasteiger partial charge in [-0.2, -0.15) is 4.31 Å². The average molecular weight is 338 g/mol. The van der Waals surface area contributed by atoms with E-state index >= 15 is 0 Å². The van der Waals surface area contributed by atoms with Gasteiger partial charge in [-0.1, -0.05) is 42.1 Å². The standard InChI is InChI=1S/C13H24BrNO2S/c1-11-7-8-15(13(11)9-14)18(16,17)10-12-5-3-2-4-6-12/h11-13H,2-10H2,1H3. The highest BCUT2D eigenvalue weighted by atomic mass is 79.9. The number of hydrogen-bond acceptors (Lipinski definition) is 2. The molecule has 5 heteroatoms. The van der Waals surface area contributed by atoms with E-state index in [0.29, 0.717) is 24.1 Å². The van der Waals surface area contributed by atoms with Crippen molar-refractivity contribution in [3.63, 3.8) is 0 Å². The molecule has 18 heavy (non-hydrogen) atoms. The minimum atomic E-state index is -3.05. The maximum atomic E-state index is 12.5. The summed E-state index contributed by atoms with van der Waals surface area (Å²) in [5, 5.41) is 0.762. The molecule has 1 saturated heterocycles. The van der Waals surface area contributed by atoms with E-state index in [2.05, 4.69) is 22.9 Å². The third-order valence-electron chi connectivity index (χ3n) is 4.52. The monoisotopic (exact) mass is 337 g/mol. The van der Waals surface area contributed by atoms with E-state index in [0.717, 1.165) is 24.6 Å². The number of sulfonamides is 1. The normalized spacial score (nSPS) is 31.9. The fourth-order valence-electron chi connectivity index (χ4n) is 3.29. The lowest BCUT2D eigenvalue weighted by atomic mass is 9.91. The third kappa shape index (κ3) is 3.28. The summed E-state index contributed by atoms with van der Waals surface area (Å²) in [7, 11) is -3.05. The highest BCUT2D eigenvalue weighted by Gasteiger charge is 2.38. The Morgan fingerprint density at radius 2 is 1.83 bits per heavy atom. The SMILES string of the molecule is CC1CCN(S(=O)(=O)CC2CCCCC2)C1CBr. The van der Waals surface area contributed by atoms with E-state index in [9.17, 15) is 8.42 Å². The molecule has 0 aromatic heterocycles. The summed E-state index contributed by atoms with van der Waals surface area (Å²) in [6.07, 6.45) is 6.89. The van der Waals surface area contributed by atoms with Gasteiger partial charge in [-0.15, -0.1) is 0 Å². The van der Waals surface area contributed by atoms with E-state index in [-0.39, 0.29) is 6.04 Å². The van der Waals surface area contributed by atoms with E-state index < -0.39 is 10.0 Å². The van der Waals surface area contributed by atoms with Crippen molar-refractivity contribution in [3.05, 3.63) is 0 Å². The Balaban J connectivity index is 2.01. The van der Waals surface area contributed by atoms with Crippen molar-refractivity contribution in [2.75, 3.05) is 17.6 Å². The first kappa shape index (κ1) is 14.8. The molecule has 2 atom stereocenters. The van der Waals surface area contributed by atoms with Crippen LogP contribution in [0.25, 0.3) is 0 Å². The molecule has 1 aliphatic heterocycles. The van der Waals surface area contributed by atoms with Crippen LogP contribution in [0.5, 0.6) is 0 Å². The second kappa shape index (κ2) is 6.23. The molecule has 0 aromatic carbocycles. The van der Waals surface area contributed by atoms with Crippen molar-refractivity contribution in [1.29, 1.82) is 0 Å². The number of nitrogens with zero attached hydrogens (tertiary/aromatic N) is 1. The van der Waals surface area contributed by atoms with Gasteiger partial charge in [0.05, 0.1) is 5.75 Å². The second-order valence-electron chi connectivity index (χ2n) is 5.88. The molecule has 2 fully saturated rings. The molecule has 3 nitrogen and oxygen atoms in total. The van der Waals surface area contributed by atoms with Crippen molar-refractivity contribution in [1.82, 2.24) is 4.31 Å².